The van der Waals surface area contributed by atoms with Crippen molar-refractivity contribution >= 4 is 5.97 Å². The first kappa shape index (κ1) is 17.8. The lowest BCUT2D eigenvalue weighted by atomic mass is 9.86. The van der Waals surface area contributed by atoms with E-state index in [2.05, 4.69) is 0 Å². The highest BCUT2D eigenvalue weighted by Gasteiger charge is 2.33. The zero-order valence-electron chi connectivity index (χ0n) is 15.4. The standard InChI is InChI=1S/C19H21NO6/c1-10-6-13-17(19(22)20(10)2)12(9-16(21)26-13)11-7-14(23-3)18(25-5)15(8-11)24-4/h6-8,12H,9H2,1-5H3. The Labute approximate surface area is 151 Å². The van der Waals surface area contributed by atoms with Gasteiger partial charge in [0.2, 0.25) is 5.75 Å². The first-order chi connectivity index (χ1) is 12.4. The van der Waals surface area contributed by atoms with Crippen molar-refractivity contribution in [2.45, 2.75) is 19.3 Å². The number of hydrogen-bond acceptors (Lipinski definition) is 6. The molecule has 1 aliphatic heterocycles. The Kier molecular flexibility index (Phi) is 4.63. The average molecular weight is 359 g/mol. The van der Waals surface area contributed by atoms with Crippen molar-refractivity contribution < 1.29 is 23.7 Å². The Morgan fingerprint density at radius 3 is 2.19 bits per heavy atom. The molecule has 0 aliphatic carbocycles. The number of nitrogens with zero attached hydrogens (tertiary/aromatic N) is 1. The van der Waals surface area contributed by atoms with Gasteiger partial charge in [-0.1, -0.05) is 0 Å². The number of benzene rings is 1. The van der Waals surface area contributed by atoms with Gasteiger partial charge in [-0.3, -0.25) is 9.59 Å². The molecule has 0 radical (unpaired) electrons. The summed E-state index contributed by atoms with van der Waals surface area (Å²) in [6, 6.07) is 5.22. The molecule has 1 aromatic carbocycles. The number of fused-ring (bicyclic) bond motifs is 1. The monoisotopic (exact) mass is 359 g/mol. The minimum atomic E-state index is -0.459. The van der Waals surface area contributed by atoms with Crippen LogP contribution in [0.2, 0.25) is 0 Å². The summed E-state index contributed by atoms with van der Waals surface area (Å²) >= 11 is 0. The first-order valence-corrected chi connectivity index (χ1v) is 8.12. The van der Waals surface area contributed by atoms with Crippen molar-refractivity contribution in [2.24, 2.45) is 7.05 Å². The van der Waals surface area contributed by atoms with E-state index < -0.39 is 5.92 Å². The van der Waals surface area contributed by atoms with Crippen LogP contribution in [0.5, 0.6) is 23.0 Å². The van der Waals surface area contributed by atoms with Gasteiger partial charge in [-0.15, -0.1) is 0 Å². The van der Waals surface area contributed by atoms with E-state index in [1.165, 1.54) is 21.3 Å². The minimum absolute atomic E-state index is 0.0595. The molecular weight excluding hydrogens is 338 g/mol. The van der Waals surface area contributed by atoms with Crippen LogP contribution in [0.25, 0.3) is 0 Å². The molecule has 1 atom stereocenters. The zero-order valence-corrected chi connectivity index (χ0v) is 15.4. The molecule has 0 amide bonds. The molecule has 1 unspecified atom stereocenters. The normalized spacial score (nSPS) is 15.9. The second kappa shape index (κ2) is 6.74. The van der Waals surface area contributed by atoms with Crippen LogP contribution < -0.4 is 24.5 Å². The van der Waals surface area contributed by atoms with Crippen molar-refractivity contribution in [1.82, 2.24) is 4.57 Å². The van der Waals surface area contributed by atoms with Gasteiger partial charge in [0.05, 0.1) is 33.3 Å². The number of rotatable bonds is 4. The highest BCUT2D eigenvalue weighted by molar-refractivity contribution is 5.78. The third-order valence-electron chi connectivity index (χ3n) is 4.70. The van der Waals surface area contributed by atoms with Crippen molar-refractivity contribution in [1.29, 1.82) is 0 Å². The Bertz CT molecular complexity index is 905. The van der Waals surface area contributed by atoms with E-state index >= 15 is 0 Å². The smallest absolute Gasteiger partial charge is 0.312 e. The summed E-state index contributed by atoms with van der Waals surface area (Å²) in [5, 5.41) is 0. The van der Waals surface area contributed by atoms with Crippen LogP contribution in [0.4, 0.5) is 0 Å². The summed E-state index contributed by atoms with van der Waals surface area (Å²) < 4.78 is 23.0. The molecule has 2 aromatic rings. The fraction of sp³-hybridized carbons (Fsp3) is 0.368. The number of pyridine rings is 1. The fourth-order valence-corrected chi connectivity index (χ4v) is 3.24. The number of aromatic nitrogens is 1. The summed E-state index contributed by atoms with van der Waals surface area (Å²) in [4.78, 5) is 25.0. The van der Waals surface area contributed by atoms with Gasteiger partial charge in [0, 0.05) is 24.7 Å². The van der Waals surface area contributed by atoms with Crippen molar-refractivity contribution in [3.63, 3.8) is 0 Å². The van der Waals surface area contributed by atoms with Crippen LogP contribution in [0.1, 0.15) is 29.2 Å². The molecule has 0 saturated carbocycles. The number of ether oxygens (including phenoxy) is 4. The van der Waals surface area contributed by atoms with Crippen LogP contribution in [0.15, 0.2) is 23.0 Å². The summed E-state index contributed by atoms with van der Waals surface area (Å²) in [6.07, 6.45) is 0.0595. The number of hydrogen-bond donors (Lipinski definition) is 0. The van der Waals surface area contributed by atoms with E-state index in [1.54, 1.807) is 36.7 Å². The quantitative estimate of drug-likeness (QED) is 0.779. The number of esters is 1. The van der Waals surface area contributed by atoms with E-state index in [4.69, 9.17) is 18.9 Å². The lowest BCUT2D eigenvalue weighted by molar-refractivity contribution is -0.135. The Morgan fingerprint density at radius 1 is 1.04 bits per heavy atom. The van der Waals surface area contributed by atoms with Gasteiger partial charge < -0.3 is 23.5 Å². The van der Waals surface area contributed by atoms with Gasteiger partial charge in [0.15, 0.2) is 11.5 Å². The van der Waals surface area contributed by atoms with Gasteiger partial charge >= 0.3 is 5.97 Å². The minimum Gasteiger partial charge on any atom is -0.493 e. The van der Waals surface area contributed by atoms with Crippen molar-refractivity contribution in [3.05, 3.63) is 45.4 Å². The summed E-state index contributed by atoms with van der Waals surface area (Å²) in [6.45, 7) is 1.79. The maximum atomic E-state index is 12.8. The van der Waals surface area contributed by atoms with E-state index in [0.29, 0.717) is 34.3 Å². The molecule has 0 fully saturated rings. The molecular formula is C19H21NO6. The number of carbonyl (C=O) groups excluding carboxylic acids is 1. The molecule has 3 rings (SSSR count). The van der Waals surface area contributed by atoms with Crippen LogP contribution in [0, 0.1) is 6.92 Å². The zero-order chi connectivity index (χ0) is 19.0. The molecule has 0 bridgehead atoms. The van der Waals surface area contributed by atoms with Gasteiger partial charge in [0.1, 0.15) is 5.75 Å². The summed E-state index contributed by atoms with van der Waals surface area (Å²) in [5.41, 5.74) is 1.70. The average Bonchev–Trinajstić information content (AvgIpc) is 2.63. The van der Waals surface area contributed by atoms with Gasteiger partial charge in [-0.2, -0.15) is 0 Å². The molecule has 0 N–H and O–H groups in total. The molecule has 1 aromatic heterocycles. The molecule has 2 heterocycles. The van der Waals surface area contributed by atoms with Crippen LogP contribution in [-0.4, -0.2) is 31.9 Å². The lowest BCUT2D eigenvalue weighted by Crippen LogP contribution is -2.32. The second-order valence-electron chi connectivity index (χ2n) is 6.12. The summed E-state index contributed by atoms with van der Waals surface area (Å²) in [5.74, 6) is 0.843. The highest BCUT2D eigenvalue weighted by Crippen LogP contribution is 2.44. The Balaban J connectivity index is 2.25. The van der Waals surface area contributed by atoms with Crippen LogP contribution in [-0.2, 0) is 11.8 Å². The topological polar surface area (TPSA) is 76.0 Å². The molecule has 138 valence electrons. The predicted octanol–water partition coefficient (Wildman–Crippen LogP) is 2.16. The van der Waals surface area contributed by atoms with E-state index in [0.717, 1.165) is 5.56 Å². The van der Waals surface area contributed by atoms with Gasteiger partial charge in [0.25, 0.3) is 5.56 Å². The second-order valence-corrected chi connectivity index (χ2v) is 6.12. The van der Waals surface area contributed by atoms with E-state index in [9.17, 15) is 9.59 Å². The third kappa shape index (κ3) is 2.79. The maximum Gasteiger partial charge on any atom is 0.312 e. The van der Waals surface area contributed by atoms with Crippen LogP contribution in [0.3, 0.4) is 0 Å². The Hall–Kier alpha value is -2.96. The molecule has 1 aliphatic rings. The molecule has 0 saturated heterocycles. The van der Waals surface area contributed by atoms with Crippen molar-refractivity contribution in [2.75, 3.05) is 21.3 Å². The fourth-order valence-electron chi connectivity index (χ4n) is 3.24. The molecule has 0 spiro atoms. The summed E-state index contributed by atoms with van der Waals surface area (Å²) in [7, 11) is 6.26. The van der Waals surface area contributed by atoms with E-state index in [1.807, 2.05) is 0 Å². The van der Waals surface area contributed by atoms with Crippen molar-refractivity contribution in [3.8, 4) is 23.0 Å². The largest absolute Gasteiger partial charge is 0.493 e. The van der Waals surface area contributed by atoms with Crippen LogP contribution >= 0.6 is 0 Å². The first-order valence-electron chi connectivity index (χ1n) is 8.12. The van der Waals surface area contributed by atoms with E-state index in [-0.39, 0.29) is 17.9 Å². The predicted molar refractivity (Wildman–Crippen MR) is 94.6 cm³/mol. The third-order valence-corrected chi connectivity index (χ3v) is 4.70. The maximum absolute atomic E-state index is 12.8. The Morgan fingerprint density at radius 2 is 1.65 bits per heavy atom. The number of methoxy groups -OCH3 is 3. The molecule has 26 heavy (non-hydrogen) atoms. The number of aryl methyl sites for hydroxylation is 1. The SMILES string of the molecule is COc1cc(C2CC(=O)Oc3cc(C)n(C)c(=O)c32)cc(OC)c1OC. The molecule has 7 nitrogen and oxygen atoms in total. The van der Waals surface area contributed by atoms with Gasteiger partial charge in [-0.05, 0) is 24.6 Å². The lowest BCUT2D eigenvalue weighted by Gasteiger charge is -2.26. The highest BCUT2D eigenvalue weighted by atomic mass is 16.5. The molecule has 7 heteroatoms. The van der Waals surface area contributed by atoms with Gasteiger partial charge in [-0.25, -0.2) is 0 Å². The number of carbonyl (C=O) groups is 1.